The highest BCUT2D eigenvalue weighted by molar-refractivity contribution is 9.10. The van der Waals surface area contributed by atoms with Crippen molar-refractivity contribution in [3.05, 3.63) is 22.3 Å². The average molecular weight is 295 g/mol. The minimum absolute atomic E-state index is 0.0372. The van der Waals surface area contributed by atoms with Crippen molar-refractivity contribution < 1.29 is 4.79 Å². The van der Waals surface area contributed by atoms with Gasteiger partial charge in [0.05, 0.1) is 5.56 Å². The van der Waals surface area contributed by atoms with Crippen molar-refractivity contribution in [2.75, 3.05) is 11.9 Å². The molecular formula is C11H11BrN4O. The lowest BCUT2D eigenvalue weighted by Gasteiger charge is -2.23. The molecule has 1 aliphatic rings. The number of anilines is 1. The zero-order valence-electron chi connectivity index (χ0n) is 9.03. The van der Waals surface area contributed by atoms with Gasteiger partial charge in [-0.25, -0.2) is 4.98 Å². The normalized spacial score (nSPS) is 19.3. The second kappa shape index (κ2) is 5.15. The van der Waals surface area contributed by atoms with E-state index in [0.29, 0.717) is 11.4 Å². The van der Waals surface area contributed by atoms with Crippen LogP contribution in [-0.2, 0) is 4.79 Å². The fourth-order valence-corrected chi connectivity index (χ4v) is 2.05. The summed E-state index contributed by atoms with van der Waals surface area (Å²) in [7, 11) is 0. The van der Waals surface area contributed by atoms with Crippen LogP contribution in [0.25, 0.3) is 0 Å². The molecule has 1 aromatic rings. The molecule has 5 nitrogen and oxygen atoms in total. The molecule has 17 heavy (non-hydrogen) atoms. The number of halogens is 1. The van der Waals surface area contributed by atoms with E-state index in [4.69, 9.17) is 5.26 Å². The monoisotopic (exact) mass is 294 g/mol. The Hall–Kier alpha value is -1.61. The van der Waals surface area contributed by atoms with E-state index in [2.05, 4.69) is 37.6 Å². The zero-order valence-corrected chi connectivity index (χ0v) is 10.6. The fourth-order valence-electron chi connectivity index (χ4n) is 1.71. The van der Waals surface area contributed by atoms with Crippen LogP contribution in [0.5, 0.6) is 0 Å². The van der Waals surface area contributed by atoms with Gasteiger partial charge in [-0.2, -0.15) is 5.26 Å². The van der Waals surface area contributed by atoms with Gasteiger partial charge in [0.15, 0.2) is 0 Å². The van der Waals surface area contributed by atoms with Gasteiger partial charge in [0.1, 0.15) is 17.9 Å². The second-order valence-electron chi connectivity index (χ2n) is 3.79. The van der Waals surface area contributed by atoms with E-state index in [0.717, 1.165) is 23.9 Å². The molecule has 2 heterocycles. The highest BCUT2D eigenvalue weighted by atomic mass is 79.9. The molecule has 2 rings (SSSR count). The van der Waals surface area contributed by atoms with Crippen LogP contribution in [0, 0.1) is 11.3 Å². The molecule has 0 aliphatic carbocycles. The molecule has 0 aromatic carbocycles. The predicted molar refractivity (Wildman–Crippen MR) is 66.3 cm³/mol. The Kier molecular flexibility index (Phi) is 3.59. The maximum atomic E-state index is 11.6. The van der Waals surface area contributed by atoms with E-state index in [9.17, 15) is 4.79 Å². The average Bonchev–Trinajstić information content (AvgIpc) is 2.34. The van der Waals surface area contributed by atoms with Gasteiger partial charge in [0.2, 0.25) is 5.91 Å². The van der Waals surface area contributed by atoms with Gasteiger partial charge in [0, 0.05) is 17.2 Å². The van der Waals surface area contributed by atoms with Crippen LogP contribution in [0.3, 0.4) is 0 Å². The quantitative estimate of drug-likeness (QED) is 0.864. The van der Waals surface area contributed by atoms with Crippen molar-refractivity contribution in [1.82, 2.24) is 10.3 Å². The van der Waals surface area contributed by atoms with Crippen molar-refractivity contribution in [3.8, 4) is 6.07 Å². The topological polar surface area (TPSA) is 77.8 Å². The molecule has 0 spiro atoms. The Morgan fingerprint density at radius 2 is 2.47 bits per heavy atom. The van der Waals surface area contributed by atoms with Gasteiger partial charge in [-0.05, 0) is 34.8 Å². The third kappa shape index (κ3) is 2.74. The van der Waals surface area contributed by atoms with Crippen LogP contribution in [0.4, 0.5) is 5.82 Å². The smallest absolute Gasteiger partial charge is 0.242 e. The summed E-state index contributed by atoms with van der Waals surface area (Å²) in [5.74, 6) is 0.419. The molecule has 88 valence electrons. The maximum Gasteiger partial charge on any atom is 0.242 e. The van der Waals surface area contributed by atoms with Gasteiger partial charge in [-0.3, -0.25) is 4.79 Å². The lowest BCUT2D eigenvalue weighted by molar-refractivity contribution is -0.123. The van der Waals surface area contributed by atoms with Crippen LogP contribution in [0.2, 0.25) is 0 Å². The summed E-state index contributed by atoms with van der Waals surface area (Å²) >= 11 is 3.25. The molecule has 0 unspecified atom stereocenters. The lowest BCUT2D eigenvalue weighted by Crippen LogP contribution is -2.44. The summed E-state index contributed by atoms with van der Waals surface area (Å²) in [6, 6.07) is 3.43. The standard InChI is InChI=1S/C11H11BrN4O/c12-8-4-7(5-13)10(15-6-8)16-9-2-1-3-14-11(9)17/h4,6,9H,1-3H2,(H,14,17)(H,15,16)/t9-/m0/s1. The number of nitrogens with one attached hydrogen (secondary N) is 2. The number of aromatic nitrogens is 1. The number of piperidine rings is 1. The van der Waals surface area contributed by atoms with E-state index < -0.39 is 0 Å². The highest BCUT2D eigenvalue weighted by Crippen LogP contribution is 2.19. The number of nitrogens with zero attached hydrogens (tertiary/aromatic N) is 2. The third-order valence-electron chi connectivity index (χ3n) is 2.57. The molecule has 1 aromatic heterocycles. The van der Waals surface area contributed by atoms with Crippen LogP contribution in [0.15, 0.2) is 16.7 Å². The van der Waals surface area contributed by atoms with Crippen molar-refractivity contribution >= 4 is 27.7 Å². The number of rotatable bonds is 2. The zero-order chi connectivity index (χ0) is 12.3. The maximum absolute atomic E-state index is 11.6. The van der Waals surface area contributed by atoms with Crippen LogP contribution >= 0.6 is 15.9 Å². The van der Waals surface area contributed by atoms with Gasteiger partial charge < -0.3 is 10.6 Å². The van der Waals surface area contributed by atoms with Crippen molar-refractivity contribution in [2.45, 2.75) is 18.9 Å². The number of nitriles is 1. The summed E-state index contributed by atoms with van der Waals surface area (Å²) in [6.45, 7) is 0.718. The lowest BCUT2D eigenvalue weighted by atomic mass is 10.1. The number of carbonyl (C=O) groups excluding carboxylic acids is 1. The summed E-state index contributed by atoms with van der Waals surface area (Å²) in [6.07, 6.45) is 3.29. The predicted octanol–water partition coefficient (Wildman–Crippen LogP) is 1.41. The Labute approximate surface area is 107 Å². The number of hydrogen-bond donors (Lipinski definition) is 2. The van der Waals surface area contributed by atoms with Gasteiger partial charge in [0.25, 0.3) is 0 Å². The summed E-state index contributed by atoms with van der Waals surface area (Å²) in [5.41, 5.74) is 0.428. The Balaban J connectivity index is 2.18. The SMILES string of the molecule is N#Cc1cc(Br)cnc1N[C@H]1CCCNC1=O. The summed E-state index contributed by atoms with van der Waals surface area (Å²) in [4.78, 5) is 15.7. The van der Waals surface area contributed by atoms with E-state index >= 15 is 0 Å². The number of pyridine rings is 1. The van der Waals surface area contributed by atoms with E-state index in [1.165, 1.54) is 0 Å². The Morgan fingerprint density at radius 3 is 3.18 bits per heavy atom. The molecule has 6 heteroatoms. The van der Waals surface area contributed by atoms with Crippen LogP contribution < -0.4 is 10.6 Å². The first-order valence-electron chi connectivity index (χ1n) is 5.30. The van der Waals surface area contributed by atoms with Crippen molar-refractivity contribution in [1.29, 1.82) is 5.26 Å². The third-order valence-corrected chi connectivity index (χ3v) is 3.00. The van der Waals surface area contributed by atoms with Gasteiger partial charge in [-0.1, -0.05) is 0 Å². The highest BCUT2D eigenvalue weighted by Gasteiger charge is 2.22. The van der Waals surface area contributed by atoms with Crippen molar-refractivity contribution in [2.24, 2.45) is 0 Å². The minimum Gasteiger partial charge on any atom is -0.357 e. The first-order chi connectivity index (χ1) is 8.20. The minimum atomic E-state index is -0.301. The molecule has 0 bridgehead atoms. The largest absolute Gasteiger partial charge is 0.357 e. The van der Waals surface area contributed by atoms with Crippen LogP contribution in [0.1, 0.15) is 18.4 Å². The van der Waals surface area contributed by atoms with E-state index in [-0.39, 0.29) is 11.9 Å². The second-order valence-corrected chi connectivity index (χ2v) is 4.71. The molecule has 1 saturated heterocycles. The number of amides is 1. The number of carbonyl (C=O) groups is 1. The van der Waals surface area contributed by atoms with E-state index in [1.54, 1.807) is 12.3 Å². The van der Waals surface area contributed by atoms with Crippen LogP contribution in [-0.4, -0.2) is 23.5 Å². The first-order valence-corrected chi connectivity index (χ1v) is 6.10. The fraction of sp³-hybridized carbons (Fsp3) is 0.364. The molecule has 0 radical (unpaired) electrons. The molecule has 2 N–H and O–H groups in total. The number of hydrogen-bond acceptors (Lipinski definition) is 4. The summed E-state index contributed by atoms with van der Waals surface area (Å²) in [5, 5.41) is 14.8. The first kappa shape index (κ1) is 11.9. The van der Waals surface area contributed by atoms with E-state index in [1.807, 2.05) is 0 Å². The summed E-state index contributed by atoms with van der Waals surface area (Å²) < 4.78 is 0.743. The molecule has 1 aliphatic heterocycles. The van der Waals surface area contributed by atoms with Crippen molar-refractivity contribution in [3.63, 3.8) is 0 Å². The molecule has 1 atom stereocenters. The van der Waals surface area contributed by atoms with Gasteiger partial charge in [-0.15, -0.1) is 0 Å². The Morgan fingerprint density at radius 1 is 1.65 bits per heavy atom. The molecule has 1 fully saturated rings. The molecule has 1 amide bonds. The Bertz CT molecular complexity index is 483. The van der Waals surface area contributed by atoms with Gasteiger partial charge >= 0.3 is 0 Å². The molecular weight excluding hydrogens is 284 g/mol. The molecule has 0 saturated carbocycles.